The first kappa shape index (κ1) is 25.3. The fourth-order valence-electron chi connectivity index (χ4n) is 3.27. The lowest BCUT2D eigenvalue weighted by Gasteiger charge is -2.16. The summed E-state index contributed by atoms with van der Waals surface area (Å²) in [6.45, 7) is -0.425. The number of ether oxygens (including phenoxy) is 1. The Kier molecular flexibility index (Phi) is 7.61. The van der Waals surface area contributed by atoms with Gasteiger partial charge in [-0.15, -0.1) is 0 Å². The summed E-state index contributed by atoms with van der Waals surface area (Å²) in [5.41, 5.74) is 8.70. The Balaban J connectivity index is 1.36. The molecule has 1 aromatic carbocycles. The number of halogens is 2. The maximum atomic E-state index is 13.3. The minimum atomic E-state index is -4.63. The van der Waals surface area contributed by atoms with Crippen LogP contribution in [0.15, 0.2) is 77.4 Å². The van der Waals surface area contributed by atoms with Gasteiger partial charge in [-0.05, 0) is 35.4 Å². The summed E-state index contributed by atoms with van der Waals surface area (Å²) in [4.78, 5) is 23.3. The predicted octanol–water partition coefficient (Wildman–Crippen LogP) is 3.60. The highest BCUT2D eigenvalue weighted by atomic mass is 31.2. The summed E-state index contributed by atoms with van der Waals surface area (Å²) in [5, 5.41) is 4.06. The number of phosphoric ester groups is 1. The number of nitrogens with zero attached hydrogens (tertiary/aromatic N) is 3. The minimum absolute atomic E-state index is 0.0327. The molecule has 36 heavy (non-hydrogen) atoms. The van der Waals surface area contributed by atoms with E-state index in [4.69, 9.17) is 24.8 Å². The van der Waals surface area contributed by atoms with Crippen molar-refractivity contribution in [3.63, 3.8) is 0 Å². The molecule has 1 aliphatic rings. The molecule has 0 radical (unpaired) electrons. The van der Waals surface area contributed by atoms with Gasteiger partial charge in [-0.1, -0.05) is 11.2 Å². The molecule has 3 heterocycles. The molecule has 0 spiro atoms. The van der Waals surface area contributed by atoms with Crippen LogP contribution in [0.25, 0.3) is 5.57 Å². The molecule has 1 aliphatic heterocycles. The second-order valence-electron chi connectivity index (χ2n) is 7.70. The van der Waals surface area contributed by atoms with Gasteiger partial charge in [-0.2, -0.15) is 0 Å². The zero-order chi connectivity index (χ0) is 25.7. The lowest BCUT2D eigenvalue weighted by atomic mass is 10.1. The van der Waals surface area contributed by atoms with Crippen LogP contribution in [0.1, 0.15) is 22.6 Å². The largest absolute Gasteiger partial charge is 0.473 e. The standard InChI is InChI=1S/C23H21F2N4O6P/c24-17-6-16(7-18(25)9-17)13-33-23-4-3-15(11-27-23)8-19-10-22(35-28-19)20-2-1-5-29(12-21(20)26)14-34-36(30,31)32/h1-7,9-12H,8,13-14,26H2,(H2,30,31,32). The van der Waals surface area contributed by atoms with Gasteiger partial charge in [0, 0.05) is 48.8 Å². The first-order valence-electron chi connectivity index (χ1n) is 10.5. The fraction of sp³-hybridized carbons (Fsp3) is 0.130. The topological polar surface area (TPSA) is 144 Å². The van der Waals surface area contributed by atoms with Gasteiger partial charge in [-0.3, -0.25) is 4.52 Å². The van der Waals surface area contributed by atoms with Crippen LogP contribution in [0.5, 0.6) is 5.88 Å². The molecule has 0 fully saturated rings. The zero-order valence-electron chi connectivity index (χ0n) is 18.6. The Morgan fingerprint density at radius 2 is 1.89 bits per heavy atom. The van der Waals surface area contributed by atoms with Gasteiger partial charge < -0.3 is 29.7 Å². The van der Waals surface area contributed by atoms with E-state index in [1.54, 1.807) is 36.5 Å². The van der Waals surface area contributed by atoms with Crippen molar-refractivity contribution in [3.8, 4) is 5.88 Å². The van der Waals surface area contributed by atoms with Crippen molar-refractivity contribution < 1.29 is 36.9 Å². The number of hydrogen-bond donors (Lipinski definition) is 3. The molecule has 4 N–H and O–H groups in total. The molecule has 0 bridgehead atoms. The fourth-order valence-corrected chi connectivity index (χ4v) is 3.55. The average molecular weight is 518 g/mol. The lowest BCUT2D eigenvalue weighted by molar-refractivity contribution is 0.146. The number of hydrogen-bond acceptors (Lipinski definition) is 8. The predicted molar refractivity (Wildman–Crippen MR) is 123 cm³/mol. The molecule has 13 heteroatoms. The number of nitrogens with two attached hydrogens (primary N) is 1. The van der Waals surface area contributed by atoms with E-state index in [0.29, 0.717) is 34.9 Å². The van der Waals surface area contributed by atoms with Crippen molar-refractivity contribution in [2.24, 2.45) is 5.73 Å². The van der Waals surface area contributed by atoms with Crippen molar-refractivity contribution in [2.75, 3.05) is 6.73 Å². The smallest absolute Gasteiger partial charge is 0.471 e. The zero-order valence-corrected chi connectivity index (χ0v) is 19.5. The van der Waals surface area contributed by atoms with Crippen LogP contribution in [-0.2, 0) is 22.1 Å². The maximum absolute atomic E-state index is 13.3. The minimum Gasteiger partial charge on any atom is -0.473 e. The van der Waals surface area contributed by atoms with Crippen molar-refractivity contribution in [3.05, 3.63) is 107 Å². The van der Waals surface area contributed by atoms with Crippen molar-refractivity contribution in [2.45, 2.75) is 13.0 Å². The van der Waals surface area contributed by atoms with Gasteiger partial charge in [0.15, 0.2) is 5.76 Å². The number of phosphoric acid groups is 1. The van der Waals surface area contributed by atoms with E-state index in [1.807, 2.05) is 0 Å². The molecule has 4 rings (SSSR count). The van der Waals surface area contributed by atoms with Gasteiger partial charge in [0.2, 0.25) is 5.88 Å². The summed E-state index contributed by atoms with van der Waals surface area (Å²) in [5.74, 6) is -0.660. The Hall–Kier alpha value is -3.83. The Bertz CT molecular complexity index is 1350. The van der Waals surface area contributed by atoms with Crippen LogP contribution in [-0.4, -0.2) is 31.6 Å². The van der Waals surface area contributed by atoms with Crippen molar-refractivity contribution in [1.29, 1.82) is 0 Å². The molecular formula is C23H21F2N4O6P. The number of rotatable bonds is 9. The van der Waals surface area contributed by atoms with E-state index in [2.05, 4.69) is 14.7 Å². The highest BCUT2D eigenvalue weighted by Gasteiger charge is 2.18. The first-order chi connectivity index (χ1) is 17.1. The highest BCUT2D eigenvalue weighted by Crippen LogP contribution is 2.36. The van der Waals surface area contributed by atoms with Crippen LogP contribution in [0.3, 0.4) is 0 Å². The first-order valence-corrected chi connectivity index (χ1v) is 12.0. The van der Waals surface area contributed by atoms with Gasteiger partial charge in [-0.25, -0.2) is 18.3 Å². The number of benzene rings is 1. The van der Waals surface area contributed by atoms with Gasteiger partial charge in [0.05, 0.1) is 11.4 Å². The van der Waals surface area contributed by atoms with Crippen LogP contribution < -0.4 is 10.5 Å². The summed E-state index contributed by atoms with van der Waals surface area (Å²) < 4.78 is 52.9. The molecule has 0 saturated heterocycles. The lowest BCUT2D eigenvalue weighted by Crippen LogP contribution is -2.15. The van der Waals surface area contributed by atoms with Crippen molar-refractivity contribution >= 4 is 13.4 Å². The highest BCUT2D eigenvalue weighted by molar-refractivity contribution is 7.46. The SMILES string of the molecule is NC1=CN(COP(=O)(O)O)C=CC=C1c1cc(Cc2ccc(OCc3cc(F)cc(F)c3)nc2)no1. The third-order valence-corrected chi connectivity index (χ3v) is 5.30. The summed E-state index contributed by atoms with van der Waals surface area (Å²) in [7, 11) is -4.63. The Labute approximate surface area is 204 Å². The molecule has 2 aromatic heterocycles. The van der Waals surface area contributed by atoms with E-state index in [0.717, 1.165) is 11.6 Å². The van der Waals surface area contributed by atoms with Gasteiger partial charge in [0.25, 0.3) is 0 Å². The quantitative estimate of drug-likeness (QED) is 0.360. The summed E-state index contributed by atoms with van der Waals surface area (Å²) in [6.07, 6.45) is 8.28. The van der Waals surface area contributed by atoms with E-state index < -0.39 is 26.2 Å². The summed E-state index contributed by atoms with van der Waals surface area (Å²) >= 11 is 0. The van der Waals surface area contributed by atoms with E-state index in [-0.39, 0.29) is 12.3 Å². The van der Waals surface area contributed by atoms with Crippen LogP contribution in [0, 0.1) is 11.6 Å². The molecular weight excluding hydrogens is 497 g/mol. The van der Waals surface area contributed by atoms with Crippen LogP contribution in [0.4, 0.5) is 8.78 Å². The number of allylic oxidation sites excluding steroid dienone is 3. The average Bonchev–Trinajstić information content (AvgIpc) is 3.17. The molecule has 0 aliphatic carbocycles. The Morgan fingerprint density at radius 3 is 2.58 bits per heavy atom. The molecule has 0 amide bonds. The second kappa shape index (κ2) is 10.8. The molecule has 0 unspecified atom stereocenters. The van der Waals surface area contributed by atoms with Gasteiger partial charge >= 0.3 is 7.82 Å². The monoisotopic (exact) mass is 518 g/mol. The van der Waals surface area contributed by atoms with Gasteiger partial charge in [0.1, 0.15) is 25.0 Å². The molecule has 3 aromatic rings. The third-order valence-electron chi connectivity index (χ3n) is 4.85. The van der Waals surface area contributed by atoms with Crippen LogP contribution in [0.2, 0.25) is 0 Å². The summed E-state index contributed by atoms with van der Waals surface area (Å²) in [6, 6.07) is 8.30. The van der Waals surface area contributed by atoms with E-state index in [1.165, 1.54) is 29.4 Å². The molecule has 0 atom stereocenters. The van der Waals surface area contributed by atoms with Crippen LogP contribution >= 0.6 is 7.82 Å². The normalized spacial score (nSPS) is 13.8. The third kappa shape index (κ3) is 7.09. The maximum Gasteiger partial charge on any atom is 0.471 e. The molecule has 10 nitrogen and oxygen atoms in total. The van der Waals surface area contributed by atoms with E-state index in [9.17, 15) is 13.3 Å². The van der Waals surface area contributed by atoms with E-state index >= 15 is 0 Å². The second-order valence-corrected chi connectivity index (χ2v) is 8.94. The number of aromatic nitrogens is 2. The Morgan fingerprint density at radius 1 is 1.11 bits per heavy atom. The van der Waals surface area contributed by atoms with Crippen molar-refractivity contribution in [1.82, 2.24) is 15.0 Å². The molecule has 0 saturated carbocycles. The molecule has 188 valence electrons. The number of pyridine rings is 1.